The van der Waals surface area contributed by atoms with E-state index >= 15 is 0 Å². The Balaban J connectivity index is 2.39. The Labute approximate surface area is 53.7 Å². The van der Waals surface area contributed by atoms with Crippen LogP contribution in [0.2, 0.25) is 0 Å². The first kappa shape index (κ1) is 4.99. The van der Waals surface area contributed by atoms with Gasteiger partial charge in [0.15, 0.2) is 0 Å². The Hall–Kier alpha value is -0.830. The Bertz CT molecular complexity index is 183. The van der Waals surface area contributed by atoms with Gasteiger partial charge in [-0.2, -0.15) is 5.10 Å². The Morgan fingerprint density at radius 1 is 1.56 bits per heavy atom. The van der Waals surface area contributed by atoms with Crippen molar-refractivity contribution in [3.05, 3.63) is 18.0 Å². The van der Waals surface area contributed by atoms with Gasteiger partial charge in [0.05, 0.1) is 18.8 Å². The molecule has 2 rings (SSSR count). The Morgan fingerprint density at radius 3 is 3.44 bits per heavy atom. The van der Waals surface area contributed by atoms with Gasteiger partial charge in [-0.3, -0.25) is 4.68 Å². The lowest BCUT2D eigenvalue weighted by molar-refractivity contribution is 0.469. The summed E-state index contributed by atoms with van der Waals surface area (Å²) in [6, 6.07) is 2.02. The molecule has 0 bridgehead atoms. The van der Waals surface area contributed by atoms with Crippen molar-refractivity contribution in [2.75, 3.05) is 6.54 Å². The molecule has 9 heavy (non-hydrogen) atoms. The topological polar surface area (TPSA) is 31.9 Å². The predicted octanol–water partition coefficient (Wildman–Crippen LogP) is 0.00110. The average Bonchev–Trinajstić information content (AvgIpc) is 2.33. The first-order chi connectivity index (χ1) is 4.47. The molecule has 1 aromatic rings. The van der Waals surface area contributed by atoms with E-state index in [9.17, 15) is 0 Å². The van der Waals surface area contributed by atoms with Crippen molar-refractivity contribution >= 4 is 0 Å². The number of fused-ring (bicyclic) bond motifs is 1. The third kappa shape index (κ3) is 0.733. The van der Waals surface area contributed by atoms with Crippen LogP contribution >= 0.6 is 0 Å². The van der Waals surface area contributed by atoms with Gasteiger partial charge in [-0.15, -0.1) is 0 Å². The maximum absolute atomic E-state index is 4.23. The summed E-state index contributed by atoms with van der Waals surface area (Å²) in [6.07, 6.45) is 1.83. The minimum Gasteiger partial charge on any atom is -0.267 e. The molecule has 0 saturated heterocycles. The molecule has 3 heteroatoms. The Kier molecular flexibility index (Phi) is 1.02. The molecule has 0 unspecified atom stereocenters. The van der Waals surface area contributed by atoms with Crippen molar-refractivity contribution in [3.63, 3.8) is 0 Å². The van der Waals surface area contributed by atoms with E-state index in [-0.39, 0.29) is 0 Å². The third-order valence-electron chi connectivity index (χ3n) is 1.55. The van der Waals surface area contributed by atoms with Gasteiger partial charge in [0.25, 0.3) is 0 Å². The van der Waals surface area contributed by atoms with Crippen molar-refractivity contribution < 1.29 is 0 Å². The summed E-state index contributed by atoms with van der Waals surface area (Å²) in [5.41, 5.74) is 1.24. The molecule has 0 amide bonds. The molecule has 1 aromatic heterocycles. The number of nitrogens with zero attached hydrogens (tertiary/aromatic N) is 3. The highest BCUT2D eigenvalue weighted by Gasteiger charge is 2.06. The monoisotopic (exact) mass is 122 g/mol. The second-order valence-corrected chi connectivity index (χ2v) is 2.15. The molecule has 0 aromatic carbocycles. The molecular formula is C6H8N3. The number of hydrogen-bond donors (Lipinski definition) is 0. The van der Waals surface area contributed by atoms with E-state index in [0.29, 0.717) is 0 Å². The highest BCUT2D eigenvalue weighted by molar-refractivity contribution is 5.01. The lowest BCUT2D eigenvalue weighted by Crippen LogP contribution is -2.23. The summed E-state index contributed by atoms with van der Waals surface area (Å²) in [5, 5.41) is 8.34. The number of hydrogen-bond acceptors (Lipinski definition) is 1. The Morgan fingerprint density at radius 2 is 2.56 bits per heavy atom. The molecule has 2 heterocycles. The molecule has 47 valence electrons. The van der Waals surface area contributed by atoms with Crippen LogP contribution in [0, 0.1) is 0 Å². The summed E-state index contributed by atoms with van der Waals surface area (Å²) in [7, 11) is 0. The van der Waals surface area contributed by atoms with Gasteiger partial charge in [-0.1, -0.05) is 0 Å². The smallest absolute Gasteiger partial charge is 0.0555 e. The molecule has 0 atom stereocenters. The minimum absolute atomic E-state index is 0.847. The molecule has 0 aliphatic carbocycles. The highest BCUT2D eigenvalue weighted by atomic mass is 15.3. The summed E-state index contributed by atoms with van der Waals surface area (Å²) < 4.78 is 2.01. The van der Waals surface area contributed by atoms with Crippen LogP contribution in [-0.4, -0.2) is 16.3 Å². The summed E-state index contributed by atoms with van der Waals surface area (Å²) >= 11 is 0. The van der Waals surface area contributed by atoms with E-state index < -0.39 is 0 Å². The molecular weight excluding hydrogens is 114 g/mol. The average molecular weight is 122 g/mol. The van der Waals surface area contributed by atoms with E-state index in [1.54, 1.807) is 0 Å². The van der Waals surface area contributed by atoms with Gasteiger partial charge in [0.1, 0.15) is 0 Å². The van der Waals surface area contributed by atoms with Crippen molar-refractivity contribution in [2.24, 2.45) is 0 Å². The highest BCUT2D eigenvalue weighted by Crippen LogP contribution is 2.02. The van der Waals surface area contributed by atoms with E-state index in [1.807, 2.05) is 16.9 Å². The molecule has 3 nitrogen and oxygen atoms in total. The summed E-state index contributed by atoms with van der Waals surface area (Å²) in [5.74, 6) is 0. The molecule has 0 spiro atoms. The molecule has 0 fully saturated rings. The van der Waals surface area contributed by atoms with E-state index in [2.05, 4.69) is 10.4 Å². The van der Waals surface area contributed by atoms with Crippen LogP contribution in [0.1, 0.15) is 5.69 Å². The van der Waals surface area contributed by atoms with Crippen LogP contribution in [0.3, 0.4) is 0 Å². The van der Waals surface area contributed by atoms with Crippen molar-refractivity contribution in [1.29, 1.82) is 0 Å². The fraction of sp³-hybridized carbons (Fsp3) is 0.500. The summed E-state index contributed by atoms with van der Waals surface area (Å²) in [4.78, 5) is 0. The third-order valence-corrected chi connectivity index (χ3v) is 1.55. The fourth-order valence-electron chi connectivity index (χ4n) is 1.05. The molecule has 0 N–H and O–H groups in total. The predicted molar refractivity (Wildman–Crippen MR) is 32.9 cm³/mol. The standard InChI is InChI=1S/C6H8N3/c1-2-8-9-4-3-7-5-6(1)9/h1-2H,3-5H2. The van der Waals surface area contributed by atoms with Gasteiger partial charge < -0.3 is 0 Å². The normalized spacial score (nSPS) is 17.3. The van der Waals surface area contributed by atoms with Gasteiger partial charge in [0, 0.05) is 12.7 Å². The molecule has 0 saturated carbocycles. The van der Waals surface area contributed by atoms with E-state index in [1.165, 1.54) is 5.69 Å². The lowest BCUT2D eigenvalue weighted by Gasteiger charge is -2.11. The van der Waals surface area contributed by atoms with Crippen LogP contribution in [0.4, 0.5) is 0 Å². The number of aromatic nitrogens is 2. The maximum atomic E-state index is 4.23. The lowest BCUT2D eigenvalue weighted by atomic mass is 10.3. The molecule has 1 radical (unpaired) electrons. The quantitative estimate of drug-likeness (QED) is 0.476. The zero-order valence-corrected chi connectivity index (χ0v) is 5.12. The minimum atomic E-state index is 0.847. The zero-order valence-electron chi connectivity index (χ0n) is 5.12. The van der Waals surface area contributed by atoms with Gasteiger partial charge in [-0.05, 0) is 6.07 Å². The summed E-state index contributed by atoms with van der Waals surface area (Å²) in [6.45, 7) is 2.73. The van der Waals surface area contributed by atoms with Crippen LogP contribution in [-0.2, 0) is 13.1 Å². The van der Waals surface area contributed by atoms with E-state index in [4.69, 9.17) is 0 Å². The van der Waals surface area contributed by atoms with Gasteiger partial charge in [-0.25, -0.2) is 5.32 Å². The molecule has 1 aliphatic rings. The van der Waals surface area contributed by atoms with Crippen molar-refractivity contribution in [1.82, 2.24) is 15.1 Å². The largest absolute Gasteiger partial charge is 0.267 e. The second kappa shape index (κ2) is 1.84. The van der Waals surface area contributed by atoms with Crippen LogP contribution < -0.4 is 5.32 Å². The van der Waals surface area contributed by atoms with E-state index in [0.717, 1.165) is 19.6 Å². The number of rotatable bonds is 0. The van der Waals surface area contributed by atoms with Crippen LogP contribution in [0.15, 0.2) is 12.3 Å². The maximum Gasteiger partial charge on any atom is 0.0555 e. The van der Waals surface area contributed by atoms with Crippen LogP contribution in [0.5, 0.6) is 0 Å². The van der Waals surface area contributed by atoms with Crippen molar-refractivity contribution in [2.45, 2.75) is 13.1 Å². The van der Waals surface area contributed by atoms with Crippen molar-refractivity contribution in [3.8, 4) is 0 Å². The van der Waals surface area contributed by atoms with Gasteiger partial charge in [0.2, 0.25) is 0 Å². The second-order valence-electron chi connectivity index (χ2n) is 2.15. The fourth-order valence-corrected chi connectivity index (χ4v) is 1.05. The van der Waals surface area contributed by atoms with Crippen LogP contribution in [0.25, 0.3) is 0 Å². The first-order valence-electron chi connectivity index (χ1n) is 3.11. The molecule has 1 aliphatic heterocycles. The first-order valence-corrected chi connectivity index (χ1v) is 3.11. The zero-order chi connectivity index (χ0) is 6.10. The van der Waals surface area contributed by atoms with Gasteiger partial charge >= 0.3 is 0 Å². The SMILES string of the molecule is c1cc2n(n1)CC[N]C2.